The predicted molar refractivity (Wildman–Crippen MR) is 56.9 cm³/mol. The summed E-state index contributed by atoms with van der Waals surface area (Å²) in [6.07, 6.45) is 3.77. The molecule has 2 rings (SSSR count). The fourth-order valence-electron chi connectivity index (χ4n) is 1.58. The Labute approximate surface area is 82.7 Å². The van der Waals surface area contributed by atoms with Crippen molar-refractivity contribution in [1.82, 2.24) is 0 Å². The third-order valence-electron chi connectivity index (χ3n) is 2.54. The van der Waals surface area contributed by atoms with Crippen molar-refractivity contribution in [3.8, 4) is 0 Å². The van der Waals surface area contributed by atoms with Gasteiger partial charge in [0.05, 0.1) is 6.10 Å². The lowest BCUT2D eigenvalue weighted by Crippen LogP contribution is -2.29. The van der Waals surface area contributed by atoms with Crippen LogP contribution in [0.3, 0.4) is 0 Å². The summed E-state index contributed by atoms with van der Waals surface area (Å²) in [6, 6.07) is 0. The fourth-order valence-corrected chi connectivity index (χ4v) is 4.36. The number of thioether (sulfide) groups is 2. The molecule has 0 spiro atoms. The predicted octanol–water partition coefficient (Wildman–Crippen LogP) is 2.00. The van der Waals surface area contributed by atoms with Gasteiger partial charge in [-0.15, -0.1) is 0 Å². The van der Waals surface area contributed by atoms with Gasteiger partial charge in [-0.05, 0) is 12.3 Å². The number of hydrogen-bond donors (Lipinski definition) is 1. The second kappa shape index (κ2) is 4.25. The van der Waals surface area contributed by atoms with Crippen molar-refractivity contribution < 1.29 is 5.11 Å². The van der Waals surface area contributed by atoms with Crippen LogP contribution in [0.25, 0.3) is 0 Å². The van der Waals surface area contributed by atoms with Crippen molar-refractivity contribution in [3.63, 3.8) is 0 Å². The minimum Gasteiger partial charge on any atom is -0.392 e. The highest BCUT2D eigenvalue weighted by Gasteiger charge is 2.29. The average Bonchev–Trinajstić information content (AvgIpc) is 2.90. The largest absolute Gasteiger partial charge is 0.392 e. The summed E-state index contributed by atoms with van der Waals surface area (Å²) in [6.45, 7) is 0. The van der Waals surface area contributed by atoms with E-state index in [-0.39, 0.29) is 6.10 Å². The van der Waals surface area contributed by atoms with E-state index in [1.807, 2.05) is 23.5 Å². The standard InChI is InChI=1S/C9H16OS2/c10-8(5-7-1-2-7)9-6-11-3-4-12-9/h7-10H,1-6H2. The molecule has 70 valence electrons. The highest BCUT2D eigenvalue weighted by Crippen LogP contribution is 2.37. The summed E-state index contributed by atoms with van der Waals surface area (Å²) in [5, 5.41) is 10.4. The van der Waals surface area contributed by atoms with E-state index in [2.05, 4.69) is 0 Å². The average molecular weight is 204 g/mol. The Morgan fingerprint density at radius 1 is 1.33 bits per heavy atom. The summed E-state index contributed by atoms with van der Waals surface area (Å²) in [7, 11) is 0. The molecule has 1 aliphatic carbocycles. The second-order valence-corrected chi connectivity index (χ2v) is 6.23. The zero-order chi connectivity index (χ0) is 8.39. The van der Waals surface area contributed by atoms with E-state index < -0.39 is 0 Å². The van der Waals surface area contributed by atoms with Crippen LogP contribution in [-0.2, 0) is 0 Å². The highest BCUT2D eigenvalue weighted by atomic mass is 32.2. The van der Waals surface area contributed by atoms with Crippen molar-refractivity contribution in [2.45, 2.75) is 30.6 Å². The molecule has 0 aromatic heterocycles. The summed E-state index contributed by atoms with van der Waals surface area (Å²) >= 11 is 3.97. The quantitative estimate of drug-likeness (QED) is 0.759. The highest BCUT2D eigenvalue weighted by molar-refractivity contribution is 8.06. The number of rotatable bonds is 3. The van der Waals surface area contributed by atoms with Gasteiger partial charge in [0.1, 0.15) is 0 Å². The molecule has 1 N–H and O–H groups in total. The van der Waals surface area contributed by atoms with E-state index in [9.17, 15) is 5.11 Å². The minimum atomic E-state index is -0.0182. The molecule has 0 aromatic rings. The van der Waals surface area contributed by atoms with Crippen LogP contribution >= 0.6 is 23.5 Å². The van der Waals surface area contributed by atoms with Gasteiger partial charge in [0.25, 0.3) is 0 Å². The molecule has 3 heteroatoms. The van der Waals surface area contributed by atoms with Crippen LogP contribution in [-0.4, -0.2) is 33.7 Å². The Balaban J connectivity index is 1.72. The van der Waals surface area contributed by atoms with Crippen LogP contribution in [0.1, 0.15) is 19.3 Å². The van der Waals surface area contributed by atoms with Gasteiger partial charge in [-0.2, -0.15) is 23.5 Å². The third kappa shape index (κ3) is 2.57. The maximum absolute atomic E-state index is 9.85. The summed E-state index contributed by atoms with van der Waals surface area (Å²) in [5.74, 6) is 4.54. The zero-order valence-corrected chi connectivity index (χ0v) is 8.87. The summed E-state index contributed by atoms with van der Waals surface area (Å²) < 4.78 is 0. The molecule has 2 atom stereocenters. The number of hydrogen-bond acceptors (Lipinski definition) is 3. The molecule has 12 heavy (non-hydrogen) atoms. The van der Waals surface area contributed by atoms with Crippen LogP contribution in [0.5, 0.6) is 0 Å². The van der Waals surface area contributed by atoms with Gasteiger partial charge in [-0.25, -0.2) is 0 Å². The second-order valence-electron chi connectivity index (χ2n) is 3.73. The SMILES string of the molecule is OC(CC1CC1)C1CSCCS1. The van der Waals surface area contributed by atoms with Crippen LogP contribution in [0, 0.1) is 5.92 Å². The Morgan fingerprint density at radius 3 is 2.75 bits per heavy atom. The molecule has 2 fully saturated rings. The maximum Gasteiger partial charge on any atom is 0.0669 e. The minimum absolute atomic E-state index is 0.0182. The van der Waals surface area contributed by atoms with Crippen molar-refractivity contribution in [2.24, 2.45) is 5.92 Å². The van der Waals surface area contributed by atoms with Crippen molar-refractivity contribution in [2.75, 3.05) is 17.3 Å². The molecule has 2 unspecified atom stereocenters. The Hall–Kier alpha value is 0.660. The van der Waals surface area contributed by atoms with Crippen molar-refractivity contribution >= 4 is 23.5 Å². The molecule has 1 saturated heterocycles. The lowest BCUT2D eigenvalue weighted by Gasteiger charge is -2.25. The van der Waals surface area contributed by atoms with Crippen molar-refractivity contribution in [3.05, 3.63) is 0 Å². The molecular formula is C9H16OS2. The number of aliphatic hydroxyl groups is 1. The first-order valence-corrected chi connectivity index (χ1v) is 6.94. The Morgan fingerprint density at radius 2 is 2.17 bits per heavy atom. The van der Waals surface area contributed by atoms with E-state index in [1.54, 1.807) is 0 Å². The van der Waals surface area contributed by atoms with Gasteiger partial charge in [-0.1, -0.05) is 12.8 Å². The lowest BCUT2D eigenvalue weighted by molar-refractivity contribution is 0.160. The molecule has 1 nitrogen and oxygen atoms in total. The fraction of sp³-hybridized carbons (Fsp3) is 1.00. The van der Waals surface area contributed by atoms with Crippen LogP contribution < -0.4 is 0 Å². The smallest absolute Gasteiger partial charge is 0.0669 e. The first kappa shape index (κ1) is 9.22. The molecule has 0 amide bonds. The number of aliphatic hydroxyl groups excluding tert-OH is 1. The topological polar surface area (TPSA) is 20.2 Å². The monoisotopic (exact) mass is 204 g/mol. The third-order valence-corrected chi connectivity index (χ3v) is 5.45. The van der Waals surface area contributed by atoms with E-state index in [1.165, 1.54) is 30.1 Å². The van der Waals surface area contributed by atoms with E-state index in [4.69, 9.17) is 0 Å². The van der Waals surface area contributed by atoms with Gasteiger partial charge in [0.15, 0.2) is 0 Å². The zero-order valence-electron chi connectivity index (χ0n) is 7.24. The molecule has 1 saturated carbocycles. The molecular weight excluding hydrogens is 188 g/mol. The first-order chi connectivity index (χ1) is 5.86. The van der Waals surface area contributed by atoms with Gasteiger partial charge in [0.2, 0.25) is 0 Å². The summed E-state index contributed by atoms with van der Waals surface area (Å²) in [4.78, 5) is 0. The van der Waals surface area contributed by atoms with Crippen LogP contribution in [0.15, 0.2) is 0 Å². The first-order valence-electron chi connectivity index (χ1n) is 4.73. The Kier molecular flexibility index (Phi) is 3.27. The summed E-state index contributed by atoms with van der Waals surface area (Å²) in [5.41, 5.74) is 0. The van der Waals surface area contributed by atoms with E-state index >= 15 is 0 Å². The molecule has 0 radical (unpaired) electrons. The molecule has 1 aliphatic heterocycles. The maximum atomic E-state index is 9.85. The van der Waals surface area contributed by atoms with E-state index in [0.29, 0.717) is 5.25 Å². The van der Waals surface area contributed by atoms with Gasteiger partial charge in [0, 0.05) is 22.5 Å². The Bertz CT molecular complexity index is 141. The van der Waals surface area contributed by atoms with Gasteiger partial charge in [-0.3, -0.25) is 0 Å². The molecule has 2 aliphatic rings. The lowest BCUT2D eigenvalue weighted by atomic mass is 10.1. The van der Waals surface area contributed by atoms with Gasteiger partial charge < -0.3 is 5.11 Å². The van der Waals surface area contributed by atoms with Crippen LogP contribution in [0.4, 0.5) is 0 Å². The van der Waals surface area contributed by atoms with E-state index in [0.717, 1.165) is 12.3 Å². The molecule has 0 aromatic carbocycles. The molecule has 1 heterocycles. The van der Waals surface area contributed by atoms with Gasteiger partial charge >= 0.3 is 0 Å². The normalized spacial score (nSPS) is 33.2. The van der Waals surface area contributed by atoms with Crippen molar-refractivity contribution in [1.29, 1.82) is 0 Å². The van der Waals surface area contributed by atoms with Crippen LogP contribution in [0.2, 0.25) is 0 Å². The molecule has 0 bridgehead atoms.